The Kier molecular flexibility index (Phi) is 4.66. The van der Waals surface area contributed by atoms with Crippen LogP contribution in [0, 0.1) is 11.6 Å². The number of hydrogen-bond donors (Lipinski definition) is 0. The molecule has 3 rings (SSSR count). The first-order valence-electron chi connectivity index (χ1n) is 7.40. The first-order chi connectivity index (χ1) is 12.2. The molecular formula is C16H12F5N3O2. The van der Waals surface area contributed by atoms with Gasteiger partial charge in [0.15, 0.2) is 11.6 Å². The van der Waals surface area contributed by atoms with E-state index >= 15 is 0 Å². The minimum Gasteiger partial charge on any atom is -0.467 e. The van der Waals surface area contributed by atoms with Crippen molar-refractivity contribution in [1.29, 1.82) is 0 Å². The molecule has 0 aliphatic carbocycles. The predicted octanol–water partition coefficient (Wildman–Crippen LogP) is 3.50. The average Bonchev–Trinajstić information content (AvgIpc) is 3.17. The van der Waals surface area contributed by atoms with Crippen LogP contribution in [0.4, 0.5) is 22.0 Å². The Hall–Kier alpha value is -2.91. The molecule has 0 aliphatic rings. The summed E-state index contributed by atoms with van der Waals surface area (Å²) in [6.45, 7) is -2.36. The molecule has 0 saturated heterocycles. The van der Waals surface area contributed by atoms with E-state index in [9.17, 15) is 26.7 Å². The van der Waals surface area contributed by atoms with Crippen molar-refractivity contribution in [2.75, 3.05) is 6.54 Å². The van der Waals surface area contributed by atoms with Gasteiger partial charge in [-0.1, -0.05) is 0 Å². The van der Waals surface area contributed by atoms with Gasteiger partial charge in [0.1, 0.15) is 18.8 Å². The van der Waals surface area contributed by atoms with E-state index in [0.29, 0.717) is 4.90 Å². The van der Waals surface area contributed by atoms with Crippen LogP contribution >= 0.6 is 0 Å². The number of benzene rings is 1. The van der Waals surface area contributed by atoms with Crippen LogP contribution in [0.3, 0.4) is 0 Å². The molecule has 0 N–H and O–H groups in total. The van der Waals surface area contributed by atoms with E-state index in [4.69, 9.17) is 4.42 Å². The van der Waals surface area contributed by atoms with E-state index in [1.165, 1.54) is 18.4 Å². The van der Waals surface area contributed by atoms with Crippen molar-refractivity contribution in [1.82, 2.24) is 14.5 Å². The summed E-state index contributed by atoms with van der Waals surface area (Å²) in [5.74, 6) is -2.94. The number of alkyl halides is 3. The normalized spacial score (nSPS) is 11.9. The maximum atomic E-state index is 13.4. The Balaban J connectivity index is 1.84. The molecule has 0 unspecified atom stereocenters. The van der Waals surface area contributed by atoms with Crippen molar-refractivity contribution < 1.29 is 31.2 Å². The lowest BCUT2D eigenvalue weighted by Crippen LogP contribution is -2.40. The molecule has 0 bridgehead atoms. The Bertz CT molecular complexity index is 918. The number of fused-ring (bicyclic) bond motifs is 1. The molecular weight excluding hydrogens is 361 g/mol. The number of hydrogen-bond acceptors (Lipinski definition) is 3. The first kappa shape index (κ1) is 17.9. The van der Waals surface area contributed by atoms with E-state index in [0.717, 1.165) is 23.0 Å². The van der Waals surface area contributed by atoms with Crippen LogP contribution in [-0.4, -0.2) is 33.1 Å². The highest BCUT2D eigenvalue weighted by molar-refractivity contribution is 5.80. The summed E-state index contributed by atoms with van der Waals surface area (Å²) in [4.78, 5) is 16.8. The Morgan fingerprint density at radius 3 is 2.62 bits per heavy atom. The summed E-state index contributed by atoms with van der Waals surface area (Å²) < 4.78 is 71.1. The SMILES string of the molecule is O=C(Cn1cnc2cc(F)c(F)cc21)N(Cc1ccco1)CC(F)(F)F. The zero-order valence-electron chi connectivity index (χ0n) is 13.1. The Morgan fingerprint density at radius 2 is 1.96 bits per heavy atom. The standard InChI is InChI=1S/C16H12F5N3O2/c17-11-4-13-14(5-12(11)18)24(9-22-13)7-15(25)23(8-16(19,20)21)6-10-2-1-3-26-10/h1-5,9H,6-8H2. The molecule has 0 spiro atoms. The summed E-state index contributed by atoms with van der Waals surface area (Å²) in [6.07, 6.45) is -2.18. The van der Waals surface area contributed by atoms with Crippen LogP contribution < -0.4 is 0 Å². The van der Waals surface area contributed by atoms with Crippen LogP contribution in [-0.2, 0) is 17.9 Å². The third kappa shape index (κ3) is 4.01. The van der Waals surface area contributed by atoms with Gasteiger partial charge in [-0.05, 0) is 12.1 Å². The van der Waals surface area contributed by atoms with Gasteiger partial charge in [-0.25, -0.2) is 13.8 Å². The molecule has 0 saturated carbocycles. The number of halogens is 5. The molecule has 10 heteroatoms. The van der Waals surface area contributed by atoms with Gasteiger partial charge in [-0.3, -0.25) is 4.79 Å². The van der Waals surface area contributed by atoms with Crippen molar-refractivity contribution in [2.45, 2.75) is 19.3 Å². The quantitative estimate of drug-likeness (QED) is 0.644. The molecule has 5 nitrogen and oxygen atoms in total. The van der Waals surface area contributed by atoms with Gasteiger partial charge in [0.05, 0.1) is 30.2 Å². The van der Waals surface area contributed by atoms with Gasteiger partial charge >= 0.3 is 6.18 Å². The number of carbonyl (C=O) groups is 1. The van der Waals surface area contributed by atoms with Gasteiger partial charge in [-0.2, -0.15) is 13.2 Å². The molecule has 1 amide bonds. The Morgan fingerprint density at radius 1 is 1.23 bits per heavy atom. The maximum Gasteiger partial charge on any atom is 0.406 e. The number of aromatic nitrogens is 2. The number of nitrogens with zero attached hydrogens (tertiary/aromatic N) is 3. The minimum atomic E-state index is -4.60. The lowest BCUT2D eigenvalue weighted by atomic mass is 10.3. The topological polar surface area (TPSA) is 51.3 Å². The molecule has 0 atom stereocenters. The van der Waals surface area contributed by atoms with Crippen molar-refractivity contribution in [3.63, 3.8) is 0 Å². The molecule has 0 aliphatic heterocycles. The lowest BCUT2D eigenvalue weighted by Gasteiger charge is -2.23. The molecule has 0 radical (unpaired) electrons. The third-order valence-electron chi connectivity index (χ3n) is 3.62. The van der Waals surface area contributed by atoms with Crippen LogP contribution in [0.5, 0.6) is 0 Å². The smallest absolute Gasteiger partial charge is 0.406 e. The van der Waals surface area contributed by atoms with E-state index in [2.05, 4.69) is 4.98 Å². The summed E-state index contributed by atoms with van der Waals surface area (Å²) in [7, 11) is 0. The van der Waals surface area contributed by atoms with Crippen molar-refractivity contribution >= 4 is 16.9 Å². The molecule has 2 aromatic heterocycles. The average molecular weight is 373 g/mol. The fourth-order valence-corrected chi connectivity index (χ4v) is 2.46. The van der Waals surface area contributed by atoms with E-state index in [-0.39, 0.29) is 23.3 Å². The van der Waals surface area contributed by atoms with Crippen molar-refractivity contribution in [2.24, 2.45) is 0 Å². The van der Waals surface area contributed by atoms with Crippen LogP contribution in [0.15, 0.2) is 41.3 Å². The molecule has 1 aromatic carbocycles. The van der Waals surface area contributed by atoms with Gasteiger partial charge in [0, 0.05) is 12.1 Å². The zero-order chi connectivity index (χ0) is 18.9. The molecule has 138 valence electrons. The highest BCUT2D eigenvalue weighted by Crippen LogP contribution is 2.21. The van der Waals surface area contributed by atoms with Gasteiger partial charge in [0.2, 0.25) is 5.91 Å². The Labute approximate surface area is 143 Å². The largest absolute Gasteiger partial charge is 0.467 e. The lowest BCUT2D eigenvalue weighted by molar-refractivity contribution is -0.163. The monoisotopic (exact) mass is 373 g/mol. The third-order valence-corrected chi connectivity index (χ3v) is 3.62. The number of amides is 1. The number of imidazole rings is 1. The van der Waals surface area contributed by atoms with Crippen LogP contribution in [0.1, 0.15) is 5.76 Å². The summed E-state index contributed by atoms with van der Waals surface area (Å²) in [5.41, 5.74) is 0.187. The van der Waals surface area contributed by atoms with Gasteiger partial charge in [0.25, 0.3) is 0 Å². The molecule has 3 aromatic rings. The van der Waals surface area contributed by atoms with E-state index in [1.807, 2.05) is 0 Å². The maximum absolute atomic E-state index is 13.4. The second-order valence-corrected chi connectivity index (χ2v) is 5.57. The molecule has 2 heterocycles. The highest BCUT2D eigenvalue weighted by Gasteiger charge is 2.33. The predicted molar refractivity (Wildman–Crippen MR) is 79.8 cm³/mol. The van der Waals surface area contributed by atoms with Gasteiger partial charge < -0.3 is 13.9 Å². The van der Waals surface area contributed by atoms with Crippen molar-refractivity contribution in [3.05, 3.63) is 54.3 Å². The second kappa shape index (κ2) is 6.77. The fourth-order valence-electron chi connectivity index (χ4n) is 2.46. The van der Waals surface area contributed by atoms with Crippen LogP contribution in [0.25, 0.3) is 11.0 Å². The molecule has 0 fully saturated rings. The van der Waals surface area contributed by atoms with Gasteiger partial charge in [-0.15, -0.1) is 0 Å². The zero-order valence-corrected chi connectivity index (χ0v) is 13.1. The highest BCUT2D eigenvalue weighted by atomic mass is 19.4. The minimum absolute atomic E-state index is 0.0881. The molecule has 26 heavy (non-hydrogen) atoms. The fraction of sp³-hybridized carbons (Fsp3) is 0.250. The summed E-state index contributed by atoms with van der Waals surface area (Å²) in [6, 6.07) is 4.63. The van der Waals surface area contributed by atoms with E-state index < -0.39 is 36.8 Å². The van der Waals surface area contributed by atoms with Crippen molar-refractivity contribution in [3.8, 4) is 0 Å². The number of furan rings is 1. The second-order valence-electron chi connectivity index (χ2n) is 5.57. The van der Waals surface area contributed by atoms with E-state index in [1.54, 1.807) is 0 Å². The van der Waals surface area contributed by atoms with Crippen LogP contribution in [0.2, 0.25) is 0 Å². The number of rotatable bonds is 5. The summed E-state index contributed by atoms with van der Waals surface area (Å²) in [5, 5.41) is 0. The first-order valence-corrected chi connectivity index (χ1v) is 7.40. The summed E-state index contributed by atoms with van der Waals surface area (Å²) >= 11 is 0. The number of carbonyl (C=O) groups excluding carboxylic acids is 1.